The number of hydrogen-bond acceptors (Lipinski definition) is 4. The van der Waals surface area contributed by atoms with Crippen LogP contribution in [0.2, 0.25) is 0 Å². The molecule has 2 heterocycles. The highest BCUT2D eigenvalue weighted by Crippen LogP contribution is 2.26. The minimum absolute atomic E-state index is 0.903. The zero-order valence-corrected chi connectivity index (χ0v) is 9.79. The van der Waals surface area contributed by atoms with Crippen molar-refractivity contribution in [1.29, 1.82) is 0 Å². The van der Waals surface area contributed by atoms with E-state index >= 15 is 0 Å². The van der Waals surface area contributed by atoms with Crippen LogP contribution in [0.5, 0.6) is 0 Å². The summed E-state index contributed by atoms with van der Waals surface area (Å²) < 4.78 is 1.98. The Balaban J connectivity index is 2.13. The Morgan fingerprint density at radius 3 is 3.06 bits per heavy atom. The highest BCUT2D eigenvalue weighted by atomic mass is 32.2. The highest BCUT2D eigenvalue weighted by molar-refractivity contribution is 7.99. The van der Waals surface area contributed by atoms with E-state index in [0.29, 0.717) is 0 Å². The van der Waals surface area contributed by atoms with Crippen LogP contribution in [0.3, 0.4) is 0 Å². The number of hydrogen-bond donors (Lipinski definition) is 1. The van der Waals surface area contributed by atoms with Gasteiger partial charge in [0.25, 0.3) is 0 Å². The number of thioether (sulfide) groups is 1. The third-order valence-corrected chi connectivity index (χ3v) is 3.55. The summed E-state index contributed by atoms with van der Waals surface area (Å²) in [5, 5.41) is 9.39. The zero-order valence-electron chi connectivity index (χ0n) is 8.97. The molecule has 0 radical (unpaired) electrons. The van der Waals surface area contributed by atoms with Gasteiger partial charge in [0.1, 0.15) is 0 Å². The maximum atomic E-state index is 4.26. The molecule has 0 spiro atoms. The number of nitrogens with one attached hydrogen (secondary N) is 1. The average molecular weight is 232 g/mol. The number of benzene rings is 1. The largest absolute Gasteiger partial charge is 0.321 e. The Morgan fingerprint density at radius 1 is 1.31 bits per heavy atom. The summed E-state index contributed by atoms with van der Waals surface area (Å²) in [5.74, 6) is 1.95. The molecule has 0 bridgehead atoms. The molecule has 82 valence electrons. The van der Waals surface area contributed by atoms with Crippen LogP contribution in [0.1, 0.15) is 5.56 Å². The average Bonchev–Trinajstić information content (AvgIpc) is 2.74. The number of rotatable bonds is 1. The standard InChI is InChI=1S/C11H12N4S/c1-8-4-2-3-5-9(8)10-13-14-11-15(10)12-6-7-16-11/h2-5,12H,6-7H2,1H3. The van der Waals surface area contributed by atoms with Gasteiger partial charge in [-0.25, -0.2) is 4.68 Å². The normalized spacial score (nSPS) is 14.3. The van der Waals surface area contributed by atoms with Crippen molar-refractivity contribution in [2.45, 2.75) is 12.1 Å². The lowest BCUT2D eigenvalue weighted by atomic mass is 10.1. The van der Waals surface area contributed by atoms with Crippen LogP contribution >= 0.6 is 11.8 Å². The molecule has 0 aliphatic carbocycles. The van der Waals surface area contributed by atoms with Gasteiger partial charge in [-0.3, -0.25) is 0 Å². The Hall–Kier alpha value is -1.49. The predicted molar refractivity (Wildman–Crippen MR) is 65.1 cm³/mol. The van der Waals surface area contributed by atoms with E-state index < -0.39 is 0 Å². The van der Waals surface area contributed by atoms with E-state index in [1.54, 1.807) is 11.8 Å². The van der Waals surface area contributed by atoms with E-state index in [-0.39, 0.29) is 0 Å². The third kappa shape index (κ3) is 1.48. The maximum absolute atomic E-state index is 4.26. The van der Waals surface area contributed by atoms with E-state index in [4.69, 9.17) is 0 Å². The minimum Gasteiger partial charge on any atom is -0.321 e. The van der Waals surface area contributed by atoms with Crippen LogP contribution in [0, 0.1) is 6.92 Å². The first-order valence-corrected chi connectivity index (χ1v) is 6.23. The van der Waals surface area contributed by atoms with Crippen LogP contribution in [0.25, 0.3) is 11.4 Å². The van der Waals surface area contributed by atoms with Crippen molar-refractivity contribution in [2.24, 2.45) is 0 Å². The molecule has 0 saturated carbocycles. The lowest BCUT2D eigenvalue weighted by Gasteiger charge is -2.17. The van der Waals surface area contributed by atoms with Crippen LogP contribution < -0.4 is 5.43 Å². The van der Waals surface area contributed by atoms with Crippen LogP contribution in [0.4, 0.5) is 0 Å². The van der Waals surface area contributed by atoms with Crippen molar-refractivity contribution < 1.29 is 0 Å². The smallest absolute Gasteiger partial charge is 0.210 e. The summed E-state index contributed by atoms with van der Waals surface area (Å²) in [6.45, 7) is 3.04. The van der Waals surface area contributed by atoms with Gasteiger partial charge in [0, 0.05) is 17.9 Å². The predicted octanol–water partition coefficient (Wildman–Crippen LogP) is 1.90. The van der Waals surface area contributed by atoms with Crippen molar-refractivity contribution in [3.05, 3.63) is 29.8 Å². The zero-order chi connectivity index (χ0) is 11.0. The van der Waals surface area contributed by atoms with E-state index in [9.17, 15) is 0 Å². The number of nitrogens with zero attached hydrogens (tertiary/aromatic N) is 3. The first kappa shape index (κ1) is 9.72. The van der Waals surface area contributed by atoms with Crippen LogP contribution in [0.15, 0.2) is 29.4 Å². The van der Waals surface area contributed by atoms with Gasteiger partial charge >= 0.3 is 0 Å². The molecule has 1 aromatic heterocycles. The molecule has 0 amide bonds. The third-order valence-electron chi connectivity index (χ3n) is 2.62. The number of aromatic nitrogens is 3. The van der Waals surface area contributed by atoms with Crippen molar-refractivity contribution in [3.8, 4) is 11.4 Å². The molecule has 0 fully saturated rings. The molecular weight excluding hydrogens is 220 g/mol. The summed E-state index contributed by atoms with van der Waals surface area (Å²) in [6, 6.07) is 8.23. The molecular formula is C11H12N4S. The van der Waals surface area contributed by atoms with Crippen molar-refractivity contribution in [3.63, 3.8) is 0 Å². The summed E-state index contributed by atoms with van der Waals surface area (Å²) in [5.41, 5.74) is 5.66. The lowest BCUT2D eigenvalue weighted by molar-refractivity contribution is 0.755. The van der Waals surface area contributed by atoms with Gasteiger partial charge in [-0.1, -0.05) is 36.0 Å². The summed E-state index contributed by atoms with van der Waals surface area (Å²) >= 11 is 1.74. The molecule has 1 aliphatic heterocycles. The second-order valence-corrected chi connectivity index (χ2v) is 4.78. The molecule has 1 N–H and O–H groups in total. The second kappa shape index (κ2) is 3.83. The van der Waals surface area contributed by atoms with Gasteiger partial charge in [-0.05, 0) is 12.5 Å². The van der Waals surface area contributed by atoms with Crippen LogP contribution in [-0.2, 0) is 0 Å². The number of fused-ring (bicyclic) bond motifs is 1. The van der Waals surface area contributed by atoms with E-state index in [0.717, 1.165) is 28.8 Å². The molecule has 3 rings (SSSR count). The summed E-state index contributed by atoms with van der Waals surface area (Å²) in [4.78, 5) is 0. The molecule has 2 aromatic rings. The SMILES string of the molecule is Cc1ccccc1-c1nnc2n1NCCS2. The van der Waals surface area contributed by atoms with Gasteiger partial charge in [-0.2, -0.15) is 0 Å². The fraction of sp³-hybridized carbons (Fsp3) is 0.273. The monoisotopic (exact) mass is 232 g/mol. The quantitative estimate of drug-likeness (QED) is 0.815. The highest BCUT2D eigenvalue weighted by Gasteiger charge is 2.17. The number of aryl methyl sites for hydroxylation is 1. The molecule has 0 atom stereocenters. The molecule has 0 saturated heterocycles. The summed E-state index contributed by atoms with van der Waals surface area (Å²) in [6.07, 6.45) is 0. The van der Waals surface area contributed by atoms with Gasteiger partial charge in [0.05, 0.1) is 0 Å². The Kier molecular flexibility index (Phi) is 2.32. The van der Waals surface area contributed by atoms with E-state index in [2.05, 4.69) is 34.7 Å². The van der Waals surface area contributed by atoms with Crippen molar-refractivity contribution >= 4 is 11.8 Å². The fourth-order valence-corrected chi connectivity index (χ4v) is 2.56. The Labute approximate surface area is 98.0 Å². The molecule has 5 heteroatoms. The molecule has 0 unspecified atom stereocenters. The second-order valence-electron chi connectivity index (χ2n) is 3.71. The van der Waals surface area contributed by atoms with Gasteiger partial charge in [0.2, 0.25) is 5.16 Å². The van der Waals surface area contributed by atoms with Gasteiger partial charge in [-0.15, -0.1) is 10.2 Å². The van der Waals surface area contributed by atoms with Gasteiger partial charge < -0.3 is 5.43 Å². The first-order valence-electron chi connectivity index (χ1n) is 5.24. The van der Waals surface area contributed by atoms with Crippen molar-refractivity contribution in [1.82, 2.24) is 14.9 Å². The molecule has 4 nitrogen and oxygen atoms in total. The lowest BCUT2D eigenvalue weighted by Crippen LogP contribution is -2.23. The van der Waals surface area contributed by atoms with E-state index in [1.165, 1.54) is 5.56 Å². The molecule has 16 heavy (non-hydrogen) atoms. The maximum Gasteiger partial charge on any atom is 0.210 e. The molecule has 1 aromatic carbocycles. The molecule has 1 aliphatic rings. The Morgan fingerprint density at radius 2 is 2.19 bits per heavy atom. The fourth-order valence-electron chi connectivity index (χ4n) is 1.80. The minimum atomic E-state index is 0.903. The topological polar surface area (TPSA) is 42.7 Å². The Bertz CT molecular complexity index is 520. The first-order chi connectivity index (χ1) is 7.86. The van der Waals surface area contributed by atoms with E-state index in [1.807, 2.05) is 16.8 Å². The van der Waals surface area contributed by atoms with Crippen molar-refractivity contribution in [2.75, 3.05) is 17.7 Å². The van der Waals surface area contributed by atoms with Crippen LogP contribution in [-0.4, -0.2) is 27.2 Å². The summed E-state index contributed by atoms with van der Waals surface area (Å²) in [7, 11) is 0. The van der Waals surface area contributed by atoms with Gasteiger partial charge in [0.15, 0.2) is 5.82 Å².